The van der Waals surface area contributed by atoms with E-state index in [4.69, 9.17) is 0 Å². The van der Waals surface area contributed by atoms with E-state index < -0.39 is 0 Å². The summed E-state index contributed by atoms with van der Waals surface area (Å²) in [4.78, 5) is 28.1. The van der Waals surface area contributed by atoms with Crippen LogP contribution in [0.1, 0.15) is 74.4 Å². The Balaban J connectivity index is 1.65. The van der Waals surface area contributed by atoms with Gasteiger partial charge in [0.05, 0.1) is 5.39 Å². The quantitative estimate of drug-likeness (QED) is 0.617. The number of benzene rings is 1. The van der Waals surface area contributed by atoms with E-state index in [1.54, 1.807) is 11.3 Å². The number of thiophene rings is 1. The van der Waals surface area contributed by atoms with Crippen LogP contribution >= 0.6 is 11.3 Å². The van der Waals surface area contributed by atoms with Crippen molar-refractivity contribution in [3.8, 4) is 0 Å². The molecule has 1 atom stereocenters. The summed E-state index contributed by atoms with van der Waals surface area (Å²) in [6.45, 7) is 10.5. The Labute approximate surface area is 186 Å². The van der Waals surface area contributed by atoms with E-state index in [1.807, 2.05) is 18.2 Å². The first-order valence-electron chi connectivity index (χ1n) is 11.1. The third-order valence-corrected chi connectivity index (χ3v) is 7.25. The van der Waals surface area contributed by atoms with Gasteiger partial charge in [-0.25, -0.2) is 4.68 Å². The van der Waals surface area contributed by atoms with Gasteiger partial charge in [0.15, 0.2) is 4.83 Å². The van der Waals surface area contributed by atoms with E-state index in [1.165, 1.54) is 9.56 Å². The van der Waals surface area contributed by atoms with E-state index in [9.17, 15) is 9.59 Å². The lowest BCUT2D eigenvalue weighted by Crippen LogP contribution is -2.31. The molecule has 164 valence electrons. The fourth-order valence-corrected chi connectivity index (χ4v) is 5.72. The van der Waals surface area contributed by atoms with E-state index in [0.29, 0.717) is 16.1 Å². The predicted octanol–water partition coefficient (Wildman–Crippen LogP) is 4.86. The van der Waals surface area contributed by atoms with Crippen LogP contribution in [-0.4, -0.2) is 20.9 Å². The summed E-state index contributed by atoms with van der Waals surface area (Å²) in [5, 5.41) is 12.1. The molecule has 0 fully saturated rings. The molecule has 4 rings (SSSR count). The fourth-order valence-electron chi connectivity index (χ4n) is 4.41. The highest BCUT2D eigenvalue weighted by molar-refractivity contribution is 7.18. The van der Waals surface area contributed by atoms with Crippen LogP contribution in [0.25, 0.3) is 10.2 Å². The number of fused-ring (bicyclic) bond motifs is 3. The minimum atomic E-state index is -0.261. The lowest BCUT2D eigenvalue weighted by Gasteiger charge is -2.20. The zero-order chi connectivity index (χ0) is 22.3. The Kier molecular flexibility index (Phi) is 5.97. The number of para-hydroxylation sites is 1. The minimum Gasteiger partial charge on any atom is -0.324 e. The van der Waals surface area contributed by atoms with E-state index >= 15 is 0 Å². The molecule has 1 aliphatic rings. The molecule has 1 aliphatic carbocycles. The number of carbonyl (C=O) groups is 1. The average Bonchev–Trinajstić information content (AvgIpc) is 3.08. The first-order valence-corrected chi connectivity index (χ1v) is 11.9. The second kappa shape index (κ2) is 8.54. The smallest absolute Gasteiger partial charge is 0.279 e. The highest BCUT2D eigenvalue weighted by atomic mass is 32.1. The van der Waals surface area contributed by atoms with Crippen molar-refractivity contribution in [2.24, 2.45) is 5.92 Å². The molecule has 0 bridgehead atoms. The number of rotatable bonds is 5. The van der Waals surface area contributed by atoms with Crippen LogP contribution in [-0.2, 0) is 24.2 Å². The minimum absolute atomic E-state index is 0.146. The summed E-state index contributed by atoms with van der Waals surface area (Å²) in [6.07, 6.45) is 2.95. The maximum Gasteiger partial charge on any atom is 0.279 e. The van der Waals surface area contributed by atoms with Crippen molar-refractivity contribution in [3.05, 3.63) is 50.1 Å². The second-order valence-electron chi connectivity index (χ2n) is 9.25. The zero-order valence-electron chi connectivity index (χ0n) is 18.9. The normalized spacial score (nSPS) is 16.2. The van der Waals surface area contributed by atoms with Gasteiger partial charge in [0, 0.05) is 10.6 Å². The molecule has 0 saturated heterocycles. The molecule has 2 heterocycles. The number of nitrogens with zero attached hydrogens (tertiary/aromatic N) is 3. The van der Waals surface area contributed by atoms with Gasteiger partial charge in [-0.3, -0.25) is 9.59 Å². The molecule has 0 saturated carbocycles. The Bertz CT molecular complexity index is 1170. The van der Waals surface area contributed by atoms with E-state index in [-0.39, 0.29) is 29.8 Å². The van der Waals surface area contributed by atoms with Gasteiger partial charge in [-0.15, -0.1) is 16.4 Å². The lowest BCUT2D eigenvalue weighted by molar-refractivity contribution is -0.117. The number of aromatic nitrogens is 3. The monoisotopic (exact) mass is 438 g/mol. The molecular formula is C24H30N4O2S. The Morgan fingerprint density at radius 2 is 1.90 bits per heavy atom. The van der Waals surface area contributed by atoms with Gasteiger partial charge in [0.2, 0.25) is 5.91 Å². The molecule has 1 amide bonds. The van der Waals surface area contributed by atoms with Gasteiger partial charge >= 0.3 is 0 Å². The molecule has 0 radical (unpaired) electrons. The summed E-state index contributed by atoms with van der Waals surface area (Å²) >= 11 is 1.57. The lowest BCUT2D eigenvalue weighted by atomic mass is 9.89. The maximum atomic E-state index is 13.2. The van der Waals surface area contributed by atoms with Gasteiger partial charge < -0.3 is 5.32 Å². The van der Waals surface area contributed by atoms with Crippen molar-refractivity contribution in [3.63, 3.8) is 0 Å². The van der Waals surface area contributed by atoms with Gasteiger partial charge in [-0.05, 0) is 53.7 Å². The summed E-state index contributed by atoms with van der Waals surface area (Å²) < 4.78 is 1.20. The molecule has 2 aromatic heterocycles. The Morgan fingerprint density at radius 1 is 1.23 bits per heavy atom. The summed E-state index contributed by atoms with van der Waals surface area (Å²) in [5.41, 5.74) is 3.93. The average molecular weight is 439 g/mol. The predicted molar refractivity (Wildman–Crippen MR) is 126 cm³/mol. The van der Waals surface area contributed by atoms with Crippen LogP contribution in [0.3, 0.4) is 0 Å². The summed E-state index contributed by atoms with van der Waals surface area (Å²) in [7, 11) is 0. The van der Waals surface area contributed by atoms with E-state index in [0.717, 1.165) is 41.6 Å². The standard InChI is InChI=1S/C24H30N4O2S/c1-13(2)16-7-6-8-17(14(3)4)22(16)25-20(29)12-28-24(30)21-18-10-9-15(5)11-19(18)31-23(21)26-27-28/h6-8,13-15H,9-12H2,1-5H3,(H,25,29)/t15-/m0/s1. The van der Waals surface area contributed by atoms with Crippen LogP contribution in [0.15, 0.2) is 23.0 Å². The van der Waals surface area contributed by atoms with Crippen LogP contribution in [0.4, 0.5) is 5.69 Å². The maximum absolute atomic E-state index is 13.2. The summed E-state index contributed by atoms with van der Waals surface area (Å²) in [5.74, 6) is 0.904. The molecule has 7 heteroatoms. The van der Waals surface area contributed by atoms with Gasteiger partial charge in [0.1, 0.15) is 6.54 Å². The van der Waals surface area contributed by atoms with Gasteiger partial charge in [-0.1, -0.05) is 58.0 Å². The first kappa shape index (κ1) is 21.7. The number of amides is 1. The molecule has 31 heavy (non-hydrogen) atoms. The van der Waals surface area contributed by atoms with Gasteiger partial charge in [0.25, 0.3) is 5.56 Å². The third-order valence-electron chi connectivity index (χ3n) is 6.12. The van der Waals surface area contributed by atoms with Crippen molar-refractivity contribution < 1.29 is 4.79 Å². The number of hydrogen-bond donors (Lipinski definition) is 1. The number of hydrogen-bond acceptors (Lipinski definition) is 5. The number of carbonyl (C=O) groups excluding carboxylic acids is 1. The van der Waals surface area contributed by atoms with Crippen LogP contribution in [0.2, 0.25) is 0 Å². The number of anilines is 1. The highest BCUT2D eigenvalue weighted by Gasteiger charge is 2.24. The Hall–Kier alpha value is -2.54. The largest absolute Gasteiger partial charge is 0.324 e. The van der Waals surface area contributed by atoms with E-state index in [2.05, 4.69) is 50.2 Å². The molecule has 6 nitrogen and oxygen atoms in total. The SMILES string of the molecule is CC(C)c1cccc(C(C)C)c1NC(=O)Cn1nnc2sc3c(c2c1=O)CC[C@H](C)C3. The third kappa shape index (κ3) is 4.15. The first-order chi connectivity index (χ1) is 14.8. The van der Waals surface area contributed by atoms with Crippen LogP contribution < -0.4 is 10.9 Å². The number of nitrogens with one attached hydrogen (secondary N) is 1. The molecule has 3 aromatic rings. The van der Waals surface area contributed by atoms with Crippen LogP contribution in [0.5, 0.6) is 0 Å². The van der Waals surface area contributed by atoms with Gasteiger partial charge in [-0.2, -0.15) is 0 Å². The number of aryl methyl sites for hydroxylation is 1. The Morgan fingerprint density at radius 3 is 2.55 bits per heavy atom. The molecular weight excluding hydrogens is 408 g/mol. The molecule has 1 N–H and O–H groups in total. The second-order valence-corrected chi connectivity index (χ2v) is 10.3. The highest BCUT2D eigenvalue weighted by Crippen LogP contribution is 2.35. The summed E-state index contributed by atoms with van der Waals surface area (Å²) in [6, 6.07) is 6.12. The van der Waals surface area contributed by atoms with Crippen molar-refractivity contribution in [2.75, 3.05) is 5.32 Å². The fraction of sp³-hybridized carbons (Fsp3) is 0.500. The molecule has 0 aliphatic heterocycles. The van der Waals surface area contributed by atoms with Crippen molar-refractivity contribution in [1.82, 2.24) is 15.0 Å². The molecule has 0 spiro atoms. The van der Waals surface area contributed by atoms with Crippen LogP contribution in [0, 0.1) is 5.92 Å². The molecule has 1 aromatic carbocycles. The van der Waals surface area contributed by atoms with Crippen molar-refractivity contribution in [2.45, 2.75) is 72.3 Å². The molecule has 0 unspecified atom stereocenters. The van der Waals surface area contributed by atoms with Crippen molar-refractivity contribution >= 4 is 33.1 Å². The van der Waals surface area contributed by atoms with Crippen molar-refractivity contribution in [1.29, 1.82) is 0 Å². The topological polar surface area (TPSA) is 76.9 Å². The zero-order valence-corrected chi connectivity index (χ0v) is 19.7.